The molecule has 1 aliphatic heterocycles. The highest BCUT2D eigenvalue weighted by Gasteiger charge is 2.32. The van der Waals surface area contributed by atoms with E-state index >= 15 is 0 Å². The van der Waals surface area contributed by atoms with Crippen molar-refractivity contribution in [3.8, 4) is 0 Å². The Bertz CT molecular complexity index is 883. The quantitative estimate of drug-likeness (QED) is 0.380. The molecule has 1 heterocycles. The first kappa shape index (κ1) is 20.4. The van der Waals surface area contributed by atoms with E-state index in [1.165, 1.54) is 0 Å². The molecule has 156 valence electrons. The largest absolute Gasteiger partial charge is 0.368 e. The van der Waals surface area contributed by atoms with Crippen molar-refractivity contribution in [3.05, 3.63) is 69.8 Å². The zero-order chi connectivity index (χ0) is 20.5. The number of benzene rings is 2. The van der Waals surface area contributed by atoms with Gasteiger partial charge in [-0.2, -0.15) is 0 Å². The number of halogens is 4. The van der Waals surface area contributed by atoms with Gasteiger partial charge < -0.3 is 4.74 Å². The molecule has 4 rings (SSSR count). The van der Waals surface area contributed by atoms with Crippen molar-refractivity contribution in [1.29, 1.82) is 0 Å². The van der Waals surface area contributed by atoms with Crippen LogP contribution in [0.15, 0.2) is 24.3 Å². The summed E-state index contributed by atoms with van der Waals surface area (Å²) in [7, 11) is 0. The van der Waals surface area contributed by atoms with Gasteiger partial charge in [0.15, 0.2) is 23.3 Å². The molecule has 2 aromatic carbocycles. The summed E-state index contributed by atoms with van der Waals surface area (Å²) in [5, 5.41) is 0. The molecule has 1 nitrogen and oxygen atoms in total. The van der Waals surface area contributed by atoms with Gasteiger partial charge in [-0.25, -0.2) is 17.6 Å². The highest BCUT2D eigenvalue weighted by atomic mass is 19.2. The zero-order valence-electron chi connectivity index (χ0n) is 16.6. The average Bonchev–Trinajstić information content (AvgIpc) is 3.57. The Morgan fingerprint density at radius 2 is 1.38 bits per heavy atom. The number of aryl methyl sites for hydroxylation is 2. The lowest BCUT2D eigenvalue weighted by Crippen LogP contribution is -2.16. The molecule has 0 aromatic heterocycles. The van der Waals surface area contributed by atoms with Gasteiger partial charge in [0.2, 0.25) is 0 Å². The molecular formula is C24H26F4O. The van der Waals surface area contributed by atoms with Crippen LogP contribution in [-0.2, 0) is 17.6 Å². The fraction of sp³-hybridized carbons (Fsp3) is 0.500. The van der Waals surface area contributed by atoms with Crippen LogP contribution in [0.1, 0.15) is 73.3 Å². The highest BCUT2D eigenvalue weighted by molar-refractivity contribution is 5.32. The van der Waals surface area contributed by atoms with E-state index < -0.39 is 23.3 Å². The SMILES string of the molecule is CCc1ccc(CCC2CCC(c3ccc(C4CO4)c(F)c3F)CC2)c(F)c1F. The monoisotopic (exact) mass is 406 g/mol. The van der Waals surface area contributed by atoms with Gasteiger partial charge in [-0.05, 0) is 73.5 Å². The molecule has 1 aliphatic carbocycles. The van der Waals surface area contributed by atoms with Crippen molar-refractivity contribution in [2.24, 2.45) is 5.92 Å². The van der Waals surface area contributed by atoms with Gasteiger partial charge in [-0.1, -0.05) is 31.2 Å². The van der Waals surface area contributed by atoms with Crippen LogP contribution in [0.5, 0.6) is 0 Å². The maximum Gasteiger partial charge on any atom is 0.165 e. The van der Waals surface area contributed by atoms with Crippen LogP contribution in [0.2, 0.25) is 0 Å². The molecule has 1 saturated heterocycles. The van der Waals surface area contributed by atoms with Gasteiger partial charge in [0, 0.05) is 5.56 Å². The average molecular weight is 406 g/mol. The van der Waals surface area contributed by atoms with Crippen molar-refractivity contribution in [2.75, 3.05) is 6.61 Å². The third-order valence-corrected chi connectivity index (χ3v) is 6.55. The lowest BCUT2D eigenvalue weighted by molar-refractivity contribution is 0.303. The summed E-state index contributed by atoms with van der Waals surface area (Å²) in [6.07, 6.45) is 4.79. The van der Waals surface area contributed by atoms with Gasteiger partial charge in [-0.3, -0.25) is 0 Å². The van der Waals surface area contributed by atoms with E-state index in [0.717, 1.165) is 32.1 Å². The van der Waals surface area contributed by atoms with Gasteiger partial charge in [0.25, 0.3) is 0 Å². The van der Waals surface area contributed by atoms with Gasteiger partial charge in [0.05, 0.1) is 6.61 Å². The summed E-state index contributed by atoms with van der Waals surface area (Å²) < 4.78 is 62.1. The summed E-state index contributed by atoms with van der Waals surface area (Å²) in [5.41, 5.74) is 1.59. The molecular weight excluding hydrogens is 380 g/mol. The molecule has 5 heteroatoms. The van der Waals surface area contributed by atoms with Crippen molar-refractivity contribution in [3.63, 3.8) is 0 Å². The Hall–Kier alpha value is -1.88. The molecule has 0 amide bonds. The molecule has 1 saturated carbocycles. The van der Waals surface area contributed by atoms with E-state index in [9.17, 15) is 17.6 Å². The van der Waals surface area contributed by atoms with Crippen molar-refractivity contribution in [1.82, 2.24) is 0 Å². The molecule has 1 atom stereocenters. The lowest BCUT2D eigenvalue weighted by atomic mass is 9.76. The molecule has 0 spiro atoms. The second kappa shape index (κ2) is 8.47. The molecule has 2 fully saturated rings. The third kappa shape index (κ3) is 4.20. The minimum absolute atomic E-state index is 0.00735. The van der Waals surface area contributed by atoms with E-state index in [0.29, 0.717) is 47.6 Å². The minimum Gasteiger partial charge on any atom is -0.368 e. The highest BCUT2D eigenvalue weighted by Crippen LogP contribution is 2.41. The zero-order valence-corrected chi connectivity index (χ0v) is 16.6. The van der Waals surface area contributed by atoms with Crippen molar-refractivity contribution >= 4 is 0 Å². The summed E-state index contributed by atoms with van der Waals surface area (Å²) >= 11 is 0. The maximum atomic E-state index is 14.5. The molecule has 1 unspecified atom stereocenters. The Kier molecular flexibility index (Phi) is 5.95. The van der Waals surface area contributed by atoms with Crippen LogP contribution in [-0.4, -0.2) is 6.61 Å². The number of rotatable bonds is 6. The number of ether oxygens (including phenoxy) is 1. The fourth-order valence-corrected chi connectivity index (χ4v) is 4.59. The van der Waals surface area contributed by atoms with Crippen LogP contribution in [0.3, 0.4) is 0 Å². The Morgan fingerprint density at radius 3 is 2.03 bits per heavy atom. The fourth-order valence-electron chi connectivity index (χ4n) is 4.59. The van der Waals surface area contributed by atoms with Crippen LogP contribution < -0.4 is 0 Å². The molecule has 0 radical (unpaired) electrons. The predicted octanol–water partition coefficient (Wildman–Crippen LogP) is 6.78. The Balaban J connectivity index is 1.34. The predicted molar refractivity (Wildman–Crippen MR) is 104 cm³/mol. The van der Waals surface area contributed by atoms with Crippen molar-refractivity contribution in [2.45, 2.75) is 63.9 Å². The summed E-state index contributed by atoms with van der Waals surface area (Å²) in [6.45, 7) is 2.25. The first-order valence-corrected chi connectivity index (χ1v) is 10.5. The normalized spacial score (nSPS) is 24.0. The standard InChI is InChI=1S/C24H26F4O/c1-2-15-9-10-17(22(26)21(15)25)8-5-14-3-6-16(7-4-14)18-11-12-19(20-13-29-20)24(28)23(18)27/h9-12,14,16,20H,2-8,13H2,1H3. The lowest BCUT2D eigenvalue weighted by Gasteiger charge is -2.29. The first-order valence-electron chi connectivity index (χ1n) is 10.5. The first-order chi connectivity index (χ1) is 14.0. The van der Waals surface area contributed by atoms with E-state index in [1.54, 1.807) is 31.2 Å². The van der Waals surface area contributed by atoms with E-state index in [4.69, 9.17) is 4.74 Å². The summed E-state index contributed by atoms with van der Waals surface area (Å²) in [4.78, 5) is 0. The molecule has 2 aromatic rings. The number of hydrogen-bond acceptors (Lipinski definition) is 1. The molecule has 29 heavy (non-hydrogen) atoms. The van der Waals surface area contributed by atoms with Crippen LogP contribution in [0.25, 0.3) is 0 Å². The maximum absolute atomic E-state index is 14.5. The van der Waals surface area contributed by atoms with E-state index in [-0.39, 0.29) is 12.0 Å². The van der Waals surface area contributed by atoms with Crippen LogP contribution >= 0.6 is 0 Å². The van der Waals surface area contributed by atoms with Crippen LogP contribution in [0.4, 0.5) is 17.6 Å². The molecule has 0 N–H and O–H groups in total. The number of epoxide rings is 1. The smallest absolute Gasteiger partial charge is 0.165 e. The van der Waals surface area contributed by atoms with Gasteiger partial charge in [-0.15, -0.1) is 0 Å². The summed E-state index contributed by atoms with van der Waals surface area (Å²) in [6, 6.07) is 6.70. The minimum atomic E-state index is -0.778. The number of hydrogen-bond donors (Lipinski definition) is 0. The summed E-state index contributed by atoms with van der Waals surface area (Å²) in [5.74, 6) is -2.57. The molecule has 2 aliphatic rings. The second-order valence-electron chi connectivity index (χ2n) is 8.32. The second-order valence-corrected chi connectivity index (χ2v) is 8.32. The third-order valence-electron chi connectivity index (χ3n) is 6.55. The van der Waals surface area contributed by atoms with E-state index in [2.05, 4.69) is 0 Å². The Morgan fingerprint density at radius 1 is 0.793 bits per heavy atom. The topological polar surface area (TPSA) is 12.5 Å². The van der Waals surface area contributed by atoms with Gasteiger partial charge in [0.1, 0.15) is 6.10 Å². The van der Waals surface area contributed by atoms with Crippen molar-refractivity contribution < 1.29 is 22.3 Å². The van der Waals surface area contributed by atoms with Crippen LogP contribution in [0, 0.1) is 29.2 Å². The van der Waals surface area contributed by atoms with E-state index in [1.807, 2.05) is 0 Å². The molecule has 0 bridgehead atoms. The Labute approximate surface area is 169 Å². The van der Waals surface area contributed by atoms with Gasteiger partial charge >= 0.3 is 0 Å².